The molecule has 4 nitrogen and oxygen atoms in total. The lowest BCUT2D eigenvalue weighted by atomic mass is 9.98. The molecule has 21 heavy (non-hydrogen) atoms. The van der Waals surface area contributed by atoms with Crippen molar-refractivity contribution in [2.75, 3.05) is 20.8 Å². The molecule has 5 heteroatoms. The second-order valence-corrected chi connectivity index (χ2v) is 5.73. The van der Waals surface area contributed by atoms with Crippen molar-refractivity contribution in [2.24, 2.45) is 0 Å². The fraction of sp³-hybridized carbons (Fsp3) is 0.625. The van der Waals surface area contributed by atoms with E-state index in [2.05, 4.69) is 19.2 Å². The number of nitrogens with one attached hydrogen (secondary N) is 1. The van der Waals surface area contributed by atoms with Crippen LogP contribution in [0.4, 0.5) is 0 Å². The van der Waals surface area contributed by atoms with Gasteiger partial charge in [-0.3, -0.25) is 0 Å². The summed E-state index contributed by atoms with van der Waals surface area (Å²) in [6, 6.07) is 3.81. The summed E-state index contributed by atoms with van der Waals surface area (Å²) < 4.78 is 16.7. The van der Waals surface area contributed by atoms with Crippen LogP contribution in [0.1, 0.15) is 38.3 Å². The molecule has 1 aromatic rings. The van der Waals surface area contributed by atoms with Gasteiger partial charge >= 0.3 is 0 Å². The predicted molar refractivity (Wildman–Crippen MR) is 84.5 cm³/mol. The number of hydrogen-bond donors (Lipinski definition) is 1. The molecule has 3 atom stereocenters. The topological polar surface area (TPSA) is 39.7 Å². The first-order chi connectivity index (χ1) is 10.1. The Morgan fingerprint density at radius 2 is 1.95 bits per heavy atom. The molecule has 0 aromatic heterocycles. The summed E-state index contributed by atoms with van der Waals surface area (Å²) in [4.78, 5) is 0. The molecular weight excluding hydrogens is 290 g/mol. The second-order valence-electron chi connectivity index (χ2n) is 5.33. The van der Waals surface area contributed by atoms with E-state index in [4.69, 9.17) is 25.8 Å². The lowest BCUT2D eigenvalue weighted by Gasteiger charge is -2.26. The van der Waals surface area contributed by atoms with Gasteiger partial charge < -0.3 is 19.5 Å². The highest BCUT2D eigenvalue weighted by Crippen LogP contribution is 2.39. The van der Waals surface area contributed by atoms with Gasteiger partial charge in [-0.15, -0.1) is 0 Å². The molecule has 1 aliphatic rings. The van der Waals surface area contributed by atoms with Crippen LogP contribution in [0.25, 0.3) is 0 Å². The summed E-state index contributed by atoms with van der Waals surface area (Å²) in [6.45, 7) is 5.04. The van der Waals surface area contributed by atoms with Gasteiger partial charge in [0.2, 0.25) is 0 Å². The summed E-state index contributed by atoms with van der Waals surface area (Å²) in [7, 11) is 3.24. The number of likely N-dealkylation sites (N-methyl/N-ethyl adjacent to an activating group) is 1. The third kappa shape index (κ3) is 3.62. The number of ether oxygens (including phenoxy) is 3. The highest BCUT2D eigenvalue weighted by atomic mass is 35.5. The Bertz CT molecular complexity index is 481. The van der Waals surface area contributed by atoms with Gasteiger partial charge in [-0.1, -0.05) is 18.5 Å². The molecule has 1 saturated heterocycles. The van der Waals surface area contributed by atoms with E-state index in [-0.39, 0.29) is 12.1 Å². The van der Waals surface area contributed by atoms with Crippen molar-refractivity contribution in [2.45, 2.75) is 44.9 Å². The molecule has 118 valence electrons. The van der Waals surface area contributed by atoms with Gasteiger partial charge in [-0.05, 0) is 37.9 Å². The van der Waals surface area contributed by atoms with Crippen LogP contribution < -0.4 is 14.8 Å². The highest BCUT2D eigenvalue weighted by molar-refractivity contribution is 6.31. The molecule has 2 rings (SSSR count). The van der Waals surface area contributed by atoms with Crippen molar-refractivity contribution in [3.8, 4) is 11.5 Å². The Hall–Kier alpha value is -0.970. The molecular formula is C16H24ClNO3. The molecule has 3 unspecified atom stereocenters. The van der Waals surface area contributed by atoms with Crippen LogP contribution in [0.3, 0.4) is 0 Å². The van der Waals surface area contributed by atoms with E-state index >= 15 is 0 Å². The minimum Gasteiger partial charge on any atom is -0.493 e. The summed E-state index contributed by atoms with van der Waals surface area (Å²) in [5.74, 6) is 1.33. The minimum absolute atomic E-state index is 0.0623. The maximum absolute atomic E-state index is 6.45. The van der Waals surface area contributed by atoms with Crippen LogP contribution in [-0.4, -0.2) is 33.0 Å². The van der Waals surface area contributed by atoms with E-state index in [0.717, 1.165) is 24.9 Å². The van der Waals surface area contributed by atoms with Crippen molar-refractivity contribution in [3.05, 3.63) is 22.7 Å². The molecule has 0 aliphatic carbocycles. The van der Waals surface area contributed by atoms with E-state index in [9.17, 15) is 0 Å². The van der Waals surface area contributed by atoms with Crippen LogP contribution in [0.15, 0.2) is 12.1 Å². The Balaban J connectivity index is 2.35. The first kappa shape index (κ1) is 16.4. The smallest absolute Gasteiger partial charge is 0.162 e. The van der Waals surface area contributed by atoms with Crippen molar-refractivity contribution >= 4 is 11.6 Å². The highest BCUT2D eigenvalue weighted by Gasteiger charge is 2.32. The molecule has 1 heterocycles. The quantitative estimate of drug-likeness (QED) is 0.871. The van der Waals surface area contributed by atoms with Crippen LogP contribution >= 0.6 is 11.6 Å². The predicted octanol–water partition coefficient (Wildman–Crippen LogP) is 3.58. The van der Waals surface area contributed by atoms with Crippen molar-refractivity contribution in [1.29, 1.82) is 0 Å². The summed E-state index contributed by atoms with van der Waals surface area (Å²) >= 11 is 6.45. The third-order valence-electron chi connectivity index (χ3n) is 3.90. The van der Waals surface area contributed by atoms with Crippen molar-refractivity contribution in [1.82, 2.24) is 5.32 Å². The summed E-state index contributed by atoms with van der Waals surface area (Å²) in [6.07, 6.45) is 2.55. The monoisotopic (exact) mass is 313 g/mol. The van der Waals surface area contributed by atoms with E-state index in [1.807, 2.05) is 6.07 Å². The molecule has 1 aromatic carbocycles. The number of halogens is 1. The number of rotatable bonds is 6. The molecule has 0 saturated carbocycles. The zero-order chi connectivity index (χ0) is 15.4. The molecule has 0 radical (unpaired) electrons. The molecule has 1 N–H and O–H groups in total. The van der Waals surface area contributed by atoms with Crippen LogP contribution in [-0.2, 0) is 4.74 Å². The van der Waals surface area contributed by atoms with E-state index in [1.54, 1.807) is 20.3 Å². The molecule has 1 fully saturated rings. The molecule has 0 spiro atoms. The first-order valence-corrected chi connectivity index (χ1v) is 7.78. The lowest BCUT2D eigenvalue weighted by Crippen LogP contribution is -2.32. The largest absolute Gasteiger partial charge is 0.493 e. The van der Waals surface area contributed by atoms with Gasteiger partial charge in [-0.2, -0.15) is 0 Å². The Labute approximate surface area is 131 Å². The second kappa shape index (κ2) is 7.34. The van der Waals surface area contributed by atoms with Gasteiger partial charge in [0.05, 0.1) is 32.5 Å². The van der Waals surface area contributed by atoms with Crippen LogP contribution in [0.2, 0.25) is 5.02 Å². The zero-order valence-corrected chi connectivity index (χ0v) is 13.9. The van der Waals surface area contributed by atoms with Gasteiger partial charge in [0, 0.05) is 11.1 Å². The van der Waals surface area contributed by atoms with Gasteiger partial charge in [0.15, 0.2) is 11.5 Å². The maximum atomic E-state index is 6.45. The number of benzene rings is 1. The normalized spacial score (nSPS) is 23.1. The SMILES string of the molecule is CCNC(c1cc(OC)c(OC)cc1Cl)C1CCC(C)O1. The number of hydrogen-bond acceptors (Lipinski definition) is 4. The van der Waals surface area contributed by atoms with E-state index in [1.165, 1.54) is 0 Å². The van der Waals surface area contributed by atoms with Crippen molar-refractivity contribution < 1.29 is 14.2 Å². The number of methoxy groups -OCH3 is 2. The average molecular weight is 314 g/mol. The molecule has 0 amide bonds. The van der Waals surface area contributed by atoms with Crippen LogP contribution in [0, 0.1) is 0 Å². The third-order valence-corrected chi connectivity index (χ3v) is 4.23. The fourth-order valence-electron chi connectivity index (χ4n) is 2.85. The lowest BCUT2D eigenvalue weighted by molar-refractivity contribution is 0.0319. The molecule has 0 bridgehead atoms. The van der Waals surface area contributed by atoms with Gasteiger partial charge in [0.25, 0.3) is 0 Å². The minimum atomic E-state index is 0.0623. The maximum Gasteiger partial charge on any atom is 0.162 e. The first-order valence-electron chi connectivity index (χ1n) is 7.41. The fourth-order valence-corrected chi connectivity index (χ4v) is 3.12. The Morgan fingerprint density at radius 1 is 1.29 bits per heavy atom. The Morgan fingerprint density at radius 3 is 2.48 bits per heavy atom. The summed E-state index contributed by atoms with van der Waals surface area (Å²) in [5, 5.41) is 4.15. The van der Waals surface area contributed by atoms with Crippen LogP contribution in [0.5, 0.6) is 11.5 Å². The van der Waals surface area contributed by atoms with Gasteiger partial charge in [-0.25, -0.2) is 0 Å². The molecule has 1 aliphatic heterocycles. The van der Waals surface area contributed by atoms with E-state index < -0.39 is 0 Å². The zero-order valence-electron chi connectivity index (χ0n) is 13.1. The van der Waals surface area contributed by atoms with Crippen molar-refractivity contribution in [3.63, 3.8) is 0 Å². The average Bonchev–Trinajstić information content (AvgIpc) is 2.91. The van der Waals surface area contributed by atoms with Gasteiger partial charge in [0.1, 0.15) is 0 Å². The van der Waals surface area contributed by atoms with E-state index in [0.29, 0.717) is 22.6 Å². The standard InChI is InChI=1S/C16H24ClNO3/c1-5-18-16(13-7-6-10(2)21-13)11-8-14(19-3)15(20-4)9-12(11)17/h8-10,13,16,18H,5-7H2,1-4H3. The summed E-state index contributed by atoms with van der Waals surface area (Å²) in [5.41, 5.74) is 0.996. The Kier molecular flexibility index (Phi) is 5.73.